The number of carbonyl (C=O) groups is 2. The van der Waals surface area contributed by atoms with Crippen molar-refractivity contribution in [3.05, 3.63) is 0 Å². The molecule has 1 saturated heterocycles. The first-order valence-electron chi connectivity index (χ1n) is 7.94. The van der Waals surface area contributed by atoms with Gasteiger partial charge in [0.2, 0.25) is 5.91 Å². The SMILES string of the molecule is CC1(C)CCCCC1CC(=O)N1CCCC[C@@H]1C(=O)O. The number of hydrogen-bond acceptors (Lipinski definition) is 2. The lowest BCUT2D eigenvalue weighted by Crippen LogP contribution is -2.49. The van der Waals surface area contributed by atoms with E-state index in [-0.39, 0.29) is 11.3 Å². The van der Waals surface area contributed by atoms with Crippen LogP contribution in [-0.4, -0.2) is 34.5 Å². The molecule has 1 unspecified atom stereocenters. The molecule has 2 fully saturated rings. The molecule has 1 N–H and O–H groups in total. The zero-order valence-corrected chi connectivity index (χ0v) is 12.7. The zero-order valence-electron chi connectivity index (χ0n) is 12.7. The largest absolute Gasteiger partial charge is 0.480 e. The fraction of sp³-hybridized carbons (Fsp3) is 0.875. The molecule has 0 radical (unpaired) electrons. The van der Waals surface area contributed by atoms with Crippen LogP contribution in [0.25, 0.3) is 0 Å². The van der Waals surface area contributed by atoms with Gasteiger partial charge in [-0.25, -0.2) is 4.79 Å². The Morgan fingerprint density at radius 2 is 1.85 bits per heavy atom. The Morgan fingerprint density at radius 3 is 2.50 bits per heavy atom. The molecule has 20 heavy (non-hydrogen) atoms. The van der Waals surface area contributed by atoms with Crippen LogP contribution in [0.15, 0.2) is 0 Å². The van der Waals surface area contributed by atoms with Crippen molar-refractivity contribution in [1.82, 2.24) is 4.90 Å². The first kappa shape index (κ1) is 15.3. The minimum Gasteiger partial charge on any atom is -0.480 e. The highest BCUT2D eigenvalue weighted by molar-refractivity contribution is 5.84. The lowest BCUT2D eigenvalue weighted by atomic mass is 9.67. The van der Waals surface area contributed by atoms with Gasteiger partial charge in [0, 0.05) is 13.0 Å². The molecule has 0 bridgehead atoms. The average Bonchev–Trinajstić information content (AvgIpc) is 2.41. The highest BCUT2D eigenvalue weighted by atomic mass is 16.4. The molecule has 0 aromatic rings. The third-order valence-electron chi connectivity index (χ3n) is 5.26. The second-order valence-corrected chi connectivity index (χ2v) is 7.07. The number of likely N-dealkylation sites (tertiary alicyclic amines) is 1. The first-order chi connectivity index (χ1) is 9.42. The molecular formula is C16H27NO3. The van der Waals surface area contributed by atoms with E-state index in [1.165, 1.54) is 19.3 Å². The Hall–Kier alpha value is -1.06. The summed E-state index contributed by atoms with van der Waals surface area (Å²) in [6.45, 7) is 5.10. The Kier molecular flexibility index (Phi) is 4.71. The molecule has 1 saturated carbocycles. The molecular weight excluding hydrogens is 254 g/mol. The third kappa shape index (κ3) is 3.33. The molecule has 1 heterocycles. The van der Waals surface area contributed by atoms with Gasteiger partial charge in [-0.3, -0.25) is 4.79 Å². The van der Waals surface area contributed by atoms with Crippen molar-refractivity contribution in [1.29, 1.82) is 0 Å². The molecule has 2 rings (SSSR count). The Labute approximate surface area is 121 Å². The summed E-state index contributed by atoms with van der Waals surface area (Å²) in [6.07, 6.45) is 7.70. The van der Waals surface area contributed by atoms with Gasteiger partial charge in [0.05, 0.1) is 0 Å². The van der Waals surface area contributed by atoms with Gasteiger partial charge in [0.25, 0.3) is 0 Å². The highest BCUT2D eigenvalue weighted by Gasteiger charge is 2.37. The van der Waals surface area contributed by atoms with Crippen LogP contribution in [0.4, 0.5) is 0 Å². The number of carboxylic acid groups (broad SMARTS) is 1. The summed E-state index contributed by atoms with van der Waals surface area (Å²) in [5.41, 5.74) is 0.211. The number of carbonyl (C=O) groups excluding carboxylic acids is 1. The van der Waals surface area contributed by atoms with E-state index in [0.717, 1.165) is 19.3 Å². The standard InChI is InChI=1S/C16H27NO3/c1-16(2)9-5-3-7-12(16)11-14(18)17-10-6-4-8-13(17)15(19)20/h12-13H,3-11H2,1-2H3,(H,19,20)/t12?,13-/m1/s1. The summed E-state index contributed by atoms with van der Waals surface area (Å²) in [6, 6.07) is -0.594. The van der Waals surface area contributed by atoms with Crippen molar-refractivity contribution >= 4 is 11.9 Å². The van der Waals surface area contributed by atoms with Crippen molar-refractivity contribution in [2.24, 2.45) is 11.3 Å². The summed E-state index contributed by atoms with van der Waals surface area (Å²) in [4.78, 5) is 25.4. The summed E-state index contributed by atoms with van der Waals surface area (Å²) < 4.78 is 0. The Bertz CT molecular complexity index is 378. The van der Waals surface area contributed by atoms with Crippen LogP contribution in [-0.2, 0) is 9.59 Å². The van der Waals surface area contributed by atoms with E-state index in [1.807, 2.05) is 0 Å². The first-order valence-corrected chi connectivity index (χ1v) is 7.94. The smallest absolute Gasteiger partial charge is 0.326 e. The highest BCUT2D eigenvalue weighted by Crippen LogP contribution is 2.42. The molecule has 0 spiro atoms. The minimum atomic E-state index is -0.846. The van der Waals surface area contributed by atoms with Crippen LogP contribution in [0.1, 0.15) is 65.2 Å². The summed E-state index contributed by atoms with van der Waals surface area (Å²) >= 11 is 0. The van der Waals surface area contributed by atoms with E-state index in [2.05, 4.69) is 13.8 Å². The van der Waals surface area contributed by atoms with Gasteiger partial charge >= 0.3 is 5.97 Å². The van der Waals surface area contributed by atoms with Crippen LogP contribution < -0.4 is 0 Å². The van der Waals surface area contributed by atoms with Crippen molar-refractivity contribution < 1.29 is 14.7 Å². The lowest BCUT2D eigenvalue weighted by molar-refractivity contribution is -0.153. The van der Waals surface area contributed by atoms with E-state index in [4.69, 9.17) is 0 Å². The molecule has 0 aromatic carbocycles. The van der Waals surface area contributed by atoms with E-state index in [0.29, 0.717) is 25.3 Å². The second kappa shape index (κ2) is 6.15. The van der Waals surface area contributed by atoms with Gasteiger partial charge in [-0.1, -0.05) is 26.7 Å². The van der Waals surface area contributed by atoms with Gasteiger partial charge in [-0.05, 0) is 43.4 Å². The van der Waals surface area contributed by atoms with E-state index < -0.39 is 12.0 Å². The maximum absolute atomic E-state index is 12.5. The van der Waals surface area contributed by atoms with Gasteiger partial charge in [0.1, 0.15) is 6.04 Å². The predicted molar refractivity (Wildman–Crippen MR) is 77.3 cm³/mol. The Morgan fingerprint density at radius 1 is 1.15 bits per heavy atom. The van der Waals surface area contributed by atoms with Gasteiger partial charge in [-0.15, -0.1) is 0 Å². The topological polar surface area (TPSA) is 57.6 Å². The van der Waals surface area contributed by atoms with Crippen molar-refractivity contribution in [3.63, 3.8) is 0 Å². The number of carboxylic acids is 1. The summed E-state index contributed by atoms with van der Waals surface area (Å²) in [7, 11) is 0. The number of nitrogens with zero attached hydrogens (tertiary/aromatic N) is 1. The third-order valence-corrected chi connectivity index (χ3v) is 5.26. The predicted octanol–water partition coefficient (Wildman–Crippen LogP) is 3.06. The van der Waals surface area contributed by atoms with Crippen LogP contribution >= 0.6 is 0 Å². The van der Waals surface area contributed by atoms with E-state index in [1.54, 1.807) is 4.90 Å². The second-order valence-electron chi connectivity index (χ2n) is 7.07. The molecule has 4 nitrogen and oxygen atoms in total. The van der Waals surface area contributed by atoms with Crippen LogP contribution in [0.3, 0.4) is 0 Å². The minimum absolute atomic E-state index is 0.0528. The fourth-order valence-electron chi connectivity index (χ4n) is 3.76. The van der Waals surface area contributed by atoms with E-state index >= 15 is 0 Å². The maximum Gasteiger partial charge on any atom is 0.326 e. The average molecular weight is 281 g/mol. The zero-order chi connectivity index (χ0) is 14.8. The molecule has 114 valence electrons. The van der Waals surface area contributed by atoms with Gasteiger partial charge in [0.15, 0.2) is 0 Å². The van der Waals surface area contributed by atoms with Crippen molar-refractivity contribution in [2.45, 2.75) is 71.3 Å². The molecule has 1 aliphatic carbocycles. The van der Waals surface area contributed by atoms with Crippen molar-refractivity contribution in [2.75, 3.05) is 6.54 Å². The van der Waals surface area contributed by atoms with Gasteiger partial charge < -0.3 is 10.0 Å². The molecule has 4 heteroatoms. The lowest BCUT2D eigenvalue weighted by Gasteiger charge is -2.40. The van der Waals surface area contributed by atoms with Crippen LogP contribution in [0.2, 0.25) is 0 Å². The summed E-state index contributed by atoms with van der Waals surface area (Å²) in [5, 5.41) is 9.27. The molecule has 1 aliphatic heterocycles. The maximum atomic E-state index is 12.5. The van der Waals surface area contributed by atoms with Gasteiger partial charge in [-0.2, -0.15) is 0 Å². The Balaban J connectivity index is 2.01. The fourth-order valence-corrected chi connectivity index (χ4v) is 3.76. The van der Waals surface area contributed by atoms with Crippen LogP contribution in [0.5, 0.6) is 0 Å². The monoisotopic (exact) mass is 281 g/mol. The summed E-state index contributed by atoms with van der Waals surface area (Å²) in [5.74, 6) is -0.391. The van der Waals surface area contributed by atoms with Crippen molar-refractivity contribution in [3.8, 4) is 0 Å². The van der Waals surface area contributed by atoms with Crippen LogP contribution in [0, 0.1) is 11.3 Å². The molecule has 2 atom stereocenters. The molecule has 1 amide bonds. The van der Waals surface area contributed by atoms with E-state index in [9.17, 15) is 14.7 Å². The number of hydrogen-bond donors (Lipinski definition) is 1. The molecule has 2 aliphatic rings. The normalized spacial score (nSPS) is 30.0. The number of aliphatic carboxylic acids is 1. The quantitative estimate of drug-likeness (QED) is 0.865. The number of piperidine rings is 1. The number of rotatable bonds is 3. The molecule has 0 aromatic heterocycles. The number of amides is 1.